The minimum Gasteiger partial charge on any atom is -0.482 e. The van der Waals surface area contributed by atoms with Crippen molar-refractivity contribution in [2.45, 2.75) is 13.0 Å². The number of hydrogen-bond acceptors (Lipinski definition) is 3. The highest BCUT2D eigenvalue weighted by Gasteiger charge is 2.18. The fourth-order valence-electron chi connectivity index (χ4n) is 1.34. The van der Waals surface area contributed by atoms with Crippen LogP contribution in [0.4, 0.5) is 5.69 Å². The summed E-state index contributed by atoms with van der Waals surface area (Å²) in [6.45, 7) is 3.68. The van der Waals surface area contributed by atoms with Crippen LogP contribution in [-0.2, 0) is 0 Å². The number of aryl methyl sites for hydroxylation is 1. The maximum Gasteiger partial charge on any atom is 0.160 e. The number of aliphatic hydroxyl groups is 1. The molecule has 0 spiro atoms. The van der Waals surface area contributed by atoms with Crippen LogP contribution in [0.1, 0.15) is 5.56 Å². The number of rotatable bonds is 1. The monoisotopic (exact) mass is 178 g/mol. The lowest BCUT2D eigenvalue weighted by Crippen LogP contribution is -2.30. The van der Waals surface area contributed by atoms with Gasteiger partial charge < -0.3 is 15.2 Å². The Morgan fingerprint density at radius 3 is 3.15 bits per heavy atom. The van der Waals surface area contributed by atoms with Gasteiger partial charge in [0.2, 0.25) is 0 Å². The molecule has 13 heavy (non-hydrogen) atoms. The number of aliphatic hydroxyl groups excluding tert-OH is 1. The molecule has 0 aliphatic carbocycles. The van der Waals surface area contributed by atoms with Gasteiger partial charge in [-0.2, -0.15) is 0 Å². The lowest BCUT2D eigenvalue weighted by molar-refractivity contribution is 0.246. The number of anilines is 1. The first-order valence-corrected chi connectivity index (χ1v) is 4.27. The molecular formula is C10H12NO2. The van der Waals surface area contributed by atoms with Gasteiger partial charge >= 0.3 is 0 Å². The first-order valence-electron chi connectivity index (χ1n) is 4.27. The Labute approximate surface area is 77.3 Å². The molecule has 1 radical (unpaired) electrons. The molecular weight excluding hydrogens is 166 g/mol. The normalized spacial score (nSPS) is 20.0. The zero-order valence-corrected chi connectivity index (χ0v) is 7.45. The lowest BCUT2D eigenvalue weighted by atomic mass is 10.1. The van der Waals surface area contributed by atoms with E-state index in [0.717, 1.165) is 11.4 Å². The topological polar surface area (TPSA) is 41.5 Å². The quantitative estimate of drug-likeness (QED) is 0.681. The maximum absolute atomic E-state index is 8.91. The van der Waals surface area contributed by atoms with Gasteiger partial charge in [-0.15, -0.1) is 0 Å². The van der Waals surface area contributed by atoms with Gasteiger partial charge in [0.15, 0.2) is 6.61 Å². The van der Waals surface area contributed by atoms with Gasteiger partial charge in [-0.25, -0.2) is 0 Å². The Kier molecular flexibility index (Phi) is 2.10. The Morgan fingerprint density at radius 1 is 1.54 bits per heavy atom. The van der Waals surface area contributed by atoms with E-state index in [1.54, 1.807) is 6.61 Å². The van der Waals surface area contributed by atoms with E-state index < -0.39 is 0 Å². The van der Waals surface area contributed by atoms with Crippen LogP contribution in [0.15, 0.2) is 18.2 Å². The zero-order chi connectivity index (χ0) is 9.26. The highest BCUT2D eigenvalue weighted by molar-refractivity contribution is 5.60. The van der Waals surface area contributed by atoms with E-state index in [4.69, 9.17) is 9.84 Å². The summed E-state index contributed by atoms with van der Waals surface area (Å²) < 4.78 is 5.33. The summed E-state index contributed by atoms with van der Waals surface area (Å²) in [7, 11) is 0. The standard InChI is InChI=1S/C10H12NO2/c1-7-2-3-10-9(4-7)11-8(5-12)6-13-10/h2-4,6,8,11-12H,5H2,1H3. The Morgan fingerprint density at radius 2 is 2.38 bits per heavy atom. The summed E-state index contributed by atoms with van der Waals surface area (Å²) in [6, 6.07) is 5.81. The molecule has 0 saturated heterocycles. The molecule has 0 fully saturated rings. The largest absolute Gasteiger partial charge is 0.482 e. The van der Waals surface area contributed by atoms with Crippen LogP contribution in [0.5, 0.6) is 5.75 Å². The minimum absolute atomic E-state index is 0.0490. The molecule has 1 heterocycles. The van der Waals surface area contributed by atoms with Gasteiger partial charge in [0.25, 0.3) is 0 Å². The predicted molar refractivity (Wildman–Crippen MR) is 50.6 cm³/mol. The van der Waals surface area contributed by atoms with Crippen LogP contribution in [-0.4, -0.2) is 17.8 Å². The van der Waals surface area contributed by atoms with Gasteiger partial charge in [-0.1, -0.05) is 6.07 Å². The summed E-state index contributed by atoms with van der Waals surface area (Å²) in [6.07, 6.45) is 0. The van der Waals surface area contributed by atoms with Gasteiger partial charge in [-0.3, -0.25) is 0 Å². The van der Waals surface area contributed by atoms with Crippen molar-refractivity contribution in [3.8, 4) is 5.75 Å². The molecule has 1 aromatic carbocycles. The summed E-state index contributed by atoms with van der Waals surface area (Å²) in [4.78, 5) is 0. The van der Waals surface area contributed by atoms with E-state index in [-0.39, 0.29) is 12.6 Å². The summed E-state index contributed by atoms with van der Waals surface area (Å²) in [5.41, 5.74) is 2.12. The van der Waals surface area contributed by atoms with E-state index in [9.17, 15) is 0 Å². The van der Waals surface area contributed by atoms with Gasteiger partial charge in [0, 0.05) is 0 Å². The van der Waals surface area contributed by atoms with Crippen molar-refractivity contribution in [2.75, 3.05) is 11.9 Å². The van der Waals surface area contributed by atoms with E-state index in [2.05, 4.69) is 5.32 Å². The van der Waals surface area contributed by atoms with Gasteiger partial charge in [0.05, 0.1) is 18.3 Å². The van der Waals surface area contributed by atoms with Crippen LogP contribution in [0.25, 0.3) is 0 Å². The Balaban J connectivity index is 2.27. The SMILES string of the molecule is Cc1ccc2c(c1)NC(CO)[CH]O2. The van der Waals surface area contributed by atoms with E-state index in [1.807, 2.05) is 25.1 Å². The number of nitrogens with one attached hydrogen (secondary N) is 1. The number of hydrogen-bond donors (Lipinski definition) is 2. The second kappa shape index (κ2) is 3.26. The number of benzene rings is 1. The molecule has 0 bridgehead atoms. The fourth-order valence-corrected chi connectivity index (χ4v) is 1.34. The smallest absolute Gasteiger partial charge is 0.160 e. The third-order valence-corrected chi connectivity index (χ3v) is 2.03. The maximum atomic E-state index is 8.91. The molecule has 1 unspecified atom stereocenters. The molecule has 0 saturated carbocycles. The first-order chi connectivity index (χ1) is 6.29. The molecule has 1 aliphatic heterocycles. The average molecular weight is 178 g/mol. The summed E-state index contributed by atoms with van der Waals surface area (Å²) in [5.74, 6) is 0.815. The summed E-state index contributed by atoms with van der Waals surface area (Å²) >= 11 is 0. The van der Waals surface area contributed by atoms with Crippen LogP contribution in [0.3, 0.4) is 0 Å². The van der Waals surface area contributed by atoms with Crippen molar-refractivity contribution in [3.63, 3.8) is 0 Å². The van der Waals surface area contributed by atoms with Crippen LogP contribution in [0, 0.1) is 13.5 Å². The van der Waals surface area contributed by atoms with Gasteiger partial charge in [-0.05, 0) is 24.6 Å². The van der Waals surface area contributed by atoms with Crippen LogP contribution < -0.4 is 10.1 Å². The third kappa shape index (κ3) is 1.60. The van der Waals surface area contributed by atoms with E-state index in [0.29, 0.717) is 0 Å². The van der Waals surface area contributed by atoms with Crippen molar-refractivity contribution in [1.82, 2.24) is 0 Å². The first kappa shape index (κ1) is 8.38. The highest BCUT2D eigenvalue weighted by Crippen LogP contribution is 2.30. The van der Waals surface area contributed by atoms with Crippen molar-refractivity contribution in [2.24, 2.45) is 0 Å². The fraction of sp³-hybridized carbons (Fsp3) is 0.300. The molecule has 1 atom stereocenters. The van der Waals surface area contributed by atoms with Crippen molar-refractivity contribution < 1.29 is 9.84 Å². The minimum atomic E-state index is -0.103. The molecule has 0 aromatic heterocycles. The van der Waals surface area contributed by atoms with Gasteiger partial charge in [0.1, 0.15) is 5.75 Å². The second-order valence-corrected chi connectivity index (χ2v) is 3.19. The van der Waals surface area contributed by atoms with E-state index in [1.165, 1.54) is 5.56 Å². The van der Waals surface area contributed by atoms with E-state index >= 15 is 0 Å². The Hall–Kier alpha value is -1.22. The average Bonchev–Trinajstić information content (AvgIpc) is 2.16. The molecule has 3 nitrogen and oxygen atoms in total. The third-order valence-electron chi connectivity index (χ3n) is 2.03. The molecule has 69 valence electrons. The van der Waals surface area contributed by atoms with Crippen molar-refractivity contribution >= 4 is 5.69 Å². The molecule has 2 N–H and O–H groups in total. The lowest BCUT2D eigenvalue weighted by Gasteiger charge is -2.25. The highest BCUT2D eigenvalue weighted by atomic mass is 16.5. The molecule has 3 heteroatoms. The molecule has 2 rings (SSSR count). The summed E-state index contributed by atoms with van der Waals surface area (Å²) in [5, 5.41) is 12.1. The van der Waals surface area contributed by atoms with Crippen molar-refractivity contribution in [3.05, 3.63) is 30.4 Å². The zero-order valence-electron chi connectivity index (χ0n) is 7.45. The molecule has 1 aliphatic rings. The predicted octanol–water partition coefficient (Wildman–Crippen LogP) is 1.32. The molecule has 0 amide bonds. The van der Waals surface area contributed by atoms with Crippen LogP contribution >= 0.6 is 0 Å². The number of ether oxygens (including phenoxy) is 1. The van der Waals surface area contributed by atoms with Crippen molar-refractivity contribution in [1.29, 1.82) is 0 Å². The molecule has 1 aromatic rings. The number of fused-ring (bicyclic) bond motifs is 1. The second-order valence-electron chi connectivity index (χ2n) is 3.19. The van der Waals surface area contributed by atoms with Crippen LogP contribution in [0.2, 0.25) is 0 Å². The Bertz CT molecular complexity index is 312.